The minimum atomic E-state index is -0.561. The van der Waals surface area contributed by atoms with Crippen molar-refractivity contribution in [3.8, 4) is 0 Å². The molecule has 110 valence electrons. The zero-order valence-electron chi connectivity index (χ0n) is 11.0. The standard InChI is InChI=1S/C15H13ClF2N2O/c16-12-3-1-10(2-4-12)8-19-15(21)20-9-11-7-13(17)5-6-14(11)18/h1-7H,8-9H2,(H2,19,20,21). The molecular weight excluding hydrogens is 298 g/mol. The second kappa shape index (κ2) is 7.04. The quantitative estimate of drug-likeness (QED) is 0.890. The average molecular weight is 311 g/mol. The van der Waals surface area contributed by atoms with Crippen molar-refractivity contribution < 1.29 is 13.6 Å². The van der Waals surface area contributed by atoms with Gasteiger partial charge in [-0.25, -0.2) is 13.6 Å². The van der Waals surface area contributed by atoms with Crippen LogP contribution in [0.5, 0.6) is 0 Å². The van der Waals surface area contributed by atoms with Crippen molar-refractivity contribution >= 4 is 17.6 Å². The lowest BCUT2D eigenvalue weighted by molar-refractivity contribution is 0.240. The molecule has 2 N–H and O–H groups in total. The summed E-state index contributed by atoms with van der Waals surface area (Å²) in [6.45, 7) is 0.227. The van der Waals surface area contributed by atoms with Crippen LogP contribution < -0.4 is 10.6 Å². The Kier molecular flexibility index (Phi) is 5.11. The van der Waals surface area contributed by atoms with Crippen LogP contribution in [0.4, 0.5) is 13.6 Å². The highest BCUT2D eigenvalue weighted by atomic mass is 35.5. The van der Waals surface area contributed by atoms with Gasteiger partial charge in [-0.1, -0.05) is 23.7 Å². The Labute approximate surface area is 125 Å². The van der Waals surface area contributed by atoms with Gasteiger partial charge in [0, 0.05) is 23.7 Å². The van der Waals surface area contributed by atoms with Crippen molar-refractivity contribution in [2.45, 2.75) is 13.1 Å². The topological polar surface area (TPSA) is 41.1 Å². The molecule has 21 heavy (non-hydrogen) atoms. The van der Waals surface area contributed by atoms with E-state index in [1.807, 2.05) is 0 Å². The van der Waals surface area contributed by atoms with E-state index >= 15 is 0 Å². The summed E-state index contributed by atoms with van der Waals surface area (Å²) < 4.78 is 26.3. The first kappa shape index (κ1) is 15.3. The number of carbonyl (C=O) groups excluding carboxylic acids is 1. The van der Waals surface area contributed by atoms with Gasteiger partial charge in [-0.15, -0.1) is 0 Å². The summed E-state index contributed by atoms with van der Waals surface area (Å²) in [4.78, 5) is 11.6. The molecule has 0 heterocycles. The Balaban J connectivity index is 1.82. The van der Waals surface area contributed by atoms with Gasteiger partial charge in [0.05, 0.1) is 0 Å². The maximum atomic E-state index is 13.4. The van der Waals surface area contributed by atoms with E-state index in [1.165, 1.54) is 0 Å². The molecule has 0 saturated heterocycles. The number of nitrogens with one attached hydrogen (secondary N) is 2. The first-order valence-corrected chi connectivity index (χ1v) is 6.62. The van der Waals surface area contributed by atoms with Gasteiger partial charge in [0.15, 0.2) is 0 Å². The Morgan fingerprint density at radius 2 is 1.67 bits per heavy atom. The minimum absolute atomic E-state index is 0.0873. The molecule has 0 aliphatic rings. The van der Waals surface area contributed by atoms with Gasteiger partial charge < -0.3 is 10.6 Å². The molecule has 0 aliphatic carbocycles. The normalized spacial score (nSPS) is 10.2. The number of hydrogen-bond donors (Lipinski definition) is 2. The van der Waals surface area contributed by atoms with Crippen LogP contribution in [0.1, 0.15) is 11.1 Å². The molecule has 0 atom stereocenters. The average Bonchev–Trinajstić information content (AvgIpc) is 2.47. The van der Waals surface area contributed by atoms with Gasteiger partial charge in [-0.05, 0) is 35.9 Å². The summed E-state index contributed by atoms with van der Waals surface area (Å²) in [5, 5.41) is 5.69. The fourth-order valence-electron chi connectivity index (χ4n) is 1.70. The molecule has 2 aromatic rings. The van der Waals surface area contributed by atoms with Gasteiger partial charge in [-0.3, -0.25) is 0 Å². The maximum absolute atomic E-state index is 13.4. The third-order valence-electron chi connectivity index (χ3n) is 2.81. The van der Waals surface area contributed by atoms with Gasteiger partial charge >= 0.3 is 6.03 Å². The predicted molar refractivity (Wildman–Crippen MR) is 76.9 cm³/mol. The summed E-state index contributed by atoms with van der Waals surface area (Å²) in [5.74, 6) is -1.11. The highest BCUT2D eigenvalue weighted by Crippen LogP contribution is 2.10. The lowest BCUT2D eigenvalue weighted by atomic mass is 10.2. The van der Waals surface area contributed by atoms with Crippen LogP contribution in [0.2, 0.25) is 5.02 Å². The van der Waals surface area contributed by atoms with Crippen LogP contribution in [0.25, 0.3) is 0 Å². The number of rotatable bonds is 4. The lowest BCUT2D eigenvalue weighted by Crippen LogP contribution is -2.34. The van der Waals surface area contributed by atoms with Crippen LogP contribution in [0.3, 0.4) is 0 Å². The second-order valence-electron chi connectivity index (χ2n) is 4.40. The Morgan fingerprint density at radius 1 is 1.00 bits per heavy atom. The molecular formula is C15H13ClF2N2O. The molecule has 0 aromatic heterocycles. The summed E-state index contributed by atoms with van der Waals surface area (Å²) >= 11 is 5.75. The Morgan fingerprint density at radius 3 is 2.38 bits per heavy atom. The summed E-state index contributed by atoms with van der Waals surface area (Å²) in [7, 11) is 0. The fraction of sp³-hybridized carbons (Fsp3) is 0.133. The molecule has 2 rings (SSSR count). The molecule has 0 radical (unpaired) electrons. The van der Waals surface area contributed by atoms with Crippen molar-refractivity contribution in [2.24, 2.45) is 0 Å². The van der Waals surface area contributed by atoms with E-state index < -0.39 is 17.7 Å². The van der Waals surface area contributed by atoms with E-state index in [0.29, 0.717) is 11.6 Å². The zero-order valence-corrected chi connectivity index (χ0v) is 11.8. The fourth-order valence-corrected chi connectivity index (χ4v) is 1.83. The Hall–Kier alpha value is -2.14. The van der Waals surface area contributed by atoms with Crippen molar-refractivity contribution in [2.75, 3.05) is 0 Å². The van der Waals surface area contributed by atoms with Crippen LogP contribution in [0, 0.1) is 11.6 Å². The van der Waals surface area contributed by atoms with Gasteiger partial charge in [0.25, 0.3) is 0 Å². The van der Waals surface area contributed by atoms with E-state index in [2.05, 4.69) is 10.6 Å². The van der Waals surface area contributed by atoms with E-state index in [9.17, 15) is 13.6 Å². The smallest absolute Gasteiger partial charge is 0.315 e. The third kappa shape index (κ3) is 4.72. The van der Waals surface area contributed by atoms with Crippen LogP contribution in [-0.2, 0) is 13.1 Å². The number of halogens is 3. The number of hydrogen-bond acceptors (Lipinski definition) is 1. The minimum Gasteiger partial charge on any atom is -0.334 e. The molecule has 0 spiro atoms. The Bertz CT molecular complexity index is 632. The highest BCUT2D eigenvalue weighted by Gasteiger charge is 2.06. The molecule has 6 heteroatoms. The summed E-state index contributed by atoms with van der Waals surface area (Å²) in [6, 6.07) is 9.65. The van der Waals surface area contributed by atoms with Crippen molar-refractivity contribution in [3.63, 3.8) is 0 Å². The summed E-state index contributed by atoms with van der Waals surface area (Å²) in [6.07, 6.45) is 0. The van der Waals surface area contributed by atoms with E-state index in [-0.39, 0.29) is 12.1 Å². The lowest BCUT2D eigenvalue weighted by Gasteiger charge is -2.08. The number of urea groups is 1. The van der Waals surface area contributed by atoms with Gasteiger partial charge in [-0.2, -0.15) is 0 Å². The largest absolute Gasteiger partial charge is 0.334 e. The molecule has 3 nitrogen and oxygen atoms in total. The maximum Gasteiger partial charge on any atom is 0.315 e. The molecule has 2 aromatic carbocycles. The first-order valence-electron chi connectivity index (χ1n) is 6.24. The SMILES string of the molecule is O=C(NCc1ccc(Cl)cc1)NCc1cc(F)ccc1F. The number of amides is 2. The van der Waals surface area contributed by atoms with E-state index in [0.717, 1.165) is 23.8 Å². The van der Waals surface area contributed by atoms with Crippen LogP contribution in [0.15, 0.2) is 42.5 Å². The van der Waals surface area contributed by atoms with Crippen molar-refractivity contribution in [1.82, 2.24) is 10.6 Å². The molecule has 0 fully saturated rings. The first-order chi connectivity index (χ1) is 10.0. The molecule has 0 aliphatic heterocycles. The van der Waals surface area contributed by atoms with Crippen molar-refractivity contribution in [3.05, 3.63) is 70.2 Å². The molecule has 0 saturated carbocycles. The zero-order chi connectivity index (χ0) is 15.2. The molecule has 0 bridgehead atoms. The highest BCUT2D eigenvalue weighted by molar-refractivity contribution is 6.30. The predicted octanol–water partition coefficient (Wildman–Crippen LogP) is 3.62. The van der Waals surface area contributed by atoms with Crippen LogP contribution in [-0.4, -0.2) is 6.03 Å². The molecule has 2 amide bonds. The monoisotopic (exact) mass is 310 g/mol. The second-order valence-corrected chi connectivity index (χ2v) is 4.83. The third-order valence-corrected chi connectivity index (χ3v) is 3.07. The van der Waals surface area contributed by atoms with Crippen LogP contribution >= 0.6 is 11.6 Å². The van der Waals surface area contributed by atoms with E-state index in [1.54, 1.807) is 24.3 Å². The van der Waals surface area contributed by atoms with Gasteiger partial charge in [0.1, 0.15) is 11.6 Å². The summed E-state index contributed by atoms with van der Waals surface area (Å²) in [5.41, 5.74) is 0.975. The van der Waals surface area contributed by atoms with Gasteiger partial charge in [0.2, 0.25) is 0 Å². The van der Waals surface area contributed by atoms with Crippen molar-refractivity contribution in [1.29, 1.82) is 0 Å². The number of carbonyl (C=O) groups is 1. The van der Waals surface area contributed by atoms with E-state index in [4.69, 9.17) is 11.6 Å². The number of benzene rings is 2. The molecule has 0 unspecified atom stereocenters.